The standard InChI is InChI=1S/C16H22N4/c1-20(9-12-7-10-2-3-11(12)6-10)16-18-14-5-4-13(17)8-15(14)19-16/h4-5,8,10-12H,2-3,6-7,9,17H2,1H3,(H,18,19). The molecule has 3 unspecified atom stereocenters. The number of fused-ring (bicyclic) bond motifs is 3. The molecule has 2 aliphatic rings. The number of benzene rings is 1. The van der Waals surface area contributed by atoms with Crippen molar-refractivity contribution in [2.45, 2.75) is 25.7 Å². The van der Waals surface area contributed by atoms with Crippen LogP contribution in [0.5, 0.6) is 0 Å². The normalized spacial score (nSPS) is 28.4. The van der Waals surface area contributed by atoms with Crippen molar-refractivity contribution in [1.29, 1.82) is 0 Å². The number of rotatable bonds is 3. The average Bonchev–Trinajstić information content (AvgIpc) is 3.11. The van der Waals surface area contributed by atoms with E-state index in [1.807, 2.05) is 18.2 Å². The molecule has 0 spiro atoms. The number of aromatic amines is 1. The lowest BCUT2D eigenvalue weighted by atomic mass is 9.88. The maximum atomic E-state index is 5.82. The summed E-state index contributed by atoms with van der Waals surface area (Å²) < 4.78 is 0. The fourth-order valence-corrected chi connectivity index (χ4v) is 4.23. The highest BCUT2D eigenvalue weighted by Gasteiger charge is 2.39. The van der Waals surface area contributed by atoms with Crippen molar-refractivity contribution in [1.82, 2.24) is 9.97 Å². The predicted octanol–water partition coefficient (Wildman–Crippen LogP) is 3.02. The van der Waals surface area contributed by atoms with E-state index in [0.29, 0.717) is 0 Å². The summed E-state index contributed by atoms with van der Waals surface area (Å²) >= 11 is 0. The molecule has 4 nitrogen and oxygen atoms in total. The van der Waals surface area contributed by atoms with Crippen LogP contribution >= 0.6 is 0 Å². The fourth-order valence-electron chi connectivity index (χ4n) is 4.23. The Morgan fingerprint density at radius 3 is 3.00 bits per heavy atom. The van der Waals surface area contributed by atoms with E-state index in [4.69, 9.17) is 5.73 Å². The SMILES string of the molecule is CN(CC1CC2CCC1C2)c1nc2ccc(N)cc2[nH]1. The molecule has 4 heteroatoms. The number of nitrogens with zero attached hydrogens (tertiary/aromatic N) is 2. The summed E-state index contributed by atoms with van der Waals surface area (Å²) in [5.41, 5.74) is 8.62. The van der Waals surface area contributed by atoms with Crippen LogP contribution in [-0.4, -0.2) is 23.6 Å². The van der Waals surface area contributed by atoms with Gasteiger partial charge < -0.3 is 15.6 Å². The van der Waals surface area contributed by atoms with Gasteiger partial charge in [0, 0.05) is 19.3 Å². The highest BCUT2D eigenvalue weighted by Crippen LogP contribution is 2.48. The van der Waals surface area contributed by atoms with Gasteiger partial charge in [0.1, 0.15) is 0 Å². The van der Waals surface area contributed by atoms with Crippen molar-refractivity contribution < 1.29 is 0 Å². The van der Waals surface area contributed by atoms with Gasteiger partial charge in [-0.2, -0.15) is 0 Å². The Labute approximate surface area is 119 Å². The Balaban J connectivity index is 1.53. The molecule has 1 heterocycles. The number of hydrogen-bond acceptors (Lipinski definition) is 3. The molecular formula is C16H22N4. The largest absolute Gasteiger partial charge is 0.399 e. The van der Waals surface area contributed by atoms with E-state index in [1.54, 1.807) is 0 Å². The number of imidazole rings is 1. The third kappa shape index (κ3) is 1.94. The van der Waals surface area contributed by atoms with E-state index in [-0.39, 0.29) is 0 Å². The fraction of sp³-hybridized carbons (Fsp3) is 0.562. The van der Waals surface area contributed by atoms with Gasteiger partial charge in [-0.1, -0.05) is 6.42 Å². The van der Waals surface area contributed by atoms with Crippen LogP contribution in [0.25, 0.3) is 11.0 Å². The summed E-state index contributed by atoms with van der Waals surface area (Å²) in [4.78, 5) is 10.3. The molecular weight excluding hydrogens is 248 g/mol. The summed E-state index contributed by atoms with van der Waals surface area (Å²) in [5.74, 6) is 3.79. The van der Waals surface area contributed by atoms with Gasteiger partial charge >= 0.3 is 0 Å². The zero-order chi connectivity index (χ0) is 13.7. The summed E-state index contributed by atoms with van der Waals surface area (Å²) in [7, 11) is 2.15. The first-order valence-corrected chi connectivity index (χ1v) is 7.65. The van der Waals surface area contributed by atoms with Crippen LogP contribution in [0.4, 0.5) is 11.6 Å². The number of aromatic nitrogens is 2. The van der Waals surface area contributed by atoms with E-state index in [2.05, 4.69) is 21.9 Å². The first-order valence-electron chi connectivity index (χ1n) is 7.65. The van der Waals surface area contributed by atoms with Crippen LogP contribution in [0, 0.1) is 17.8 Å². The van der Waals surface area contributed by atoms with Crippen LogP contribution in [0.2, 0.25) is 0 Å². The number of nitrogens with two attached hydrogens (primary N) is 1. The van der Waals surface area contributed by atoms with Crippen molar-refractivity contribution in [2.24, 2.45) is 17.8 Å². The van der Waals surface area contributed by atoms with E-state index in [0.717, 1.165) is 47.0 Å². The average molecular weight is 270 g/mol. The molecule has 0 aliphatic heterocycles. The Hall–Kier alpha value is -1.71. The number of hydrogen-bond donors (Lipinski definition) is 2. The van der Waals surface area contributed by atoms with Gasteiger partial charge in [-0.3, -0.25) is 0 Å². The molecule has 1 aromatic carbocycles. The monoisotopic (exact) mass is 270 g/mol. The molecule has 3 N–H and O–H groups in total. The first kappa shape index (κ1) is 12.1. The molecule has 2 saturated carbocycles. The van der Waals surface area contributed by atoms with Crippen molar-refractivity contribution in [2.75, 3.05) is 24.2 Å². The van der Waals surface area contributed by atoms with Crippen molar-refractivity contribution in [3.8, 4) is 0 Å². The van der Waals surface area contributed by atoms with Gasteiger partial charge in [0.2, 0.25) is 5.95 Å². The van der Waals surface area contributed by atoms with Crippen LogP contribution in [-0.2, 0) is 0 Å². The van der Waals surface area contributed by atoms with Crippen LogP contribution < -0.4 is 10.6 Å². The van der Waals surface area contributed by atoms with Crippen molar-refractivity contribution in [3.63, 3.8) is 0 Å². The smallest absolute Gasteiger partial charge is 0.203 e. The molecule has 0 saturated heterocycles. The van der Waals surface area contributed by atoms with Gasteiger partial charge in [-0.15, -0.1) is 0 Å². The minimum Gasteiger partial charge on any atom is -0.399 e. The molecule has 0 radical (unpaired) electrons. The maximum absolute atomic E-state index is 5.82. The summed E-state index contributed by atoms with van der Waals surface area (Å²) in [6.45, 7) is 1.12. The lowest BCUT2D eigenvalue weighted by Gasteiger charge is -2.26. The van der Waals surface area contributed by atoms with Gasteiger partial charge in [-0.25, -0.2) is 4.98 Å². The molecule has 4 rings (SSSR count). The third-order valence-electron chi connectivity index (χ3n) is 5.25. The highest BCUT2D eigenvalue weighted by atomic mass is 15.2. The maximum Gasteiger partial charge on any atom is 0.203 e. The van der Waals surface area contributed by atoms with Crippen LogP contribution in [0.15, 0.2) is 18.2 Å². The van der Waals surface area contributed by atoms with Crippen LogP contribution in [0.3, 0.4) is 0 Å². The van der Waals surface area contributed by atoms with Crippen molar-refractivity contribution in [3.05, 3.63) is 18.2 Å². The number of nitrogens with one attached hydrogen (secondary N) is 1. The Morgan fingerprint density at radius 1 is 1.35 bits per heavy atom. The molecule has 2 aromatic rings. The minimum absolute atomic E-state index is 0.781. The number of H-pyrrole nitrogens is 1. The lowest BCUT2D eigenvalue weighted by Crippen LogP contribution is -2.29. The predicted molar refractivity (Wildman–Crippen MR) is 82.7 cm³/mol. The van der Waals surface area contributed by atoms with E-state index < -0.39 is 0 Å². The molecule has 0 amide bonds. The second kappa shape index (κ2) is 4.40. The Morgan fingerprint density at radius 2 is 2.25 bits per heavy atom. The molecule has 3 atom stereocenters. The van der Waals surface area contributed by atoms with Gasteiger partial charge in [-0.05, 0) is 55.2 Å². The molecule has 20 heavy (non-hydrogen) atoms. The second-order valence-electron chi connectivity index (χ2n) is 6.65. The van der Waals surface area contributed by atoms with E-state index in [9.17, 15) is 0 Å². The van der Waals surface area contributed by atoms with E-state index in [1.165, 1.54) is 25.7 Å². The van der Waals surface area contributed by atoms with Crippen molar-refractivity contribution >= 4 is 22.7 Å². The number of anilines is 2. The van der Waals surface area contributed by atoms with Crippen LogP contribution in [0.1, 0.15) is 25.7 Å². The molecule has 2 fully saturated rings. The first-order chi connectivity index (χ1) is 9.69. The Kier molecular flexibility index (Phi) is 2.65. The topological polar surface area (TPSA) is 57.9 Å². The van der Waals surface area contributed by atoms with Gasteiger partial charge in [0.05, 0.1) is 11.0 Å². The summed E-state index contributed by atoms with van der Waals surface area (Å²) in [5, 5.41) is 0. The zero-order valence-electron chi connectivity index (χ0n) is 12.0. The molecule has 2 aliphatic carbocycles. The summed E-state index contributed by atoms with van der Waals surface area (Å²) in [6.07, 6.45) is 5.80. The third-order valence-corrected chi connectivity index (χ3v) is 5.25. The minimum atomic E-state index is 0.781. The highest BCUT2D eigenvalue weighted by molar-refractivity contribution is 5.80. The Bertz CT molecular complexity index is 632. The zero-order valence-corrected chi connectivity index (χ0v) is 12.0. The van der Waals surface area contributed by atoms with E-state index >= 15 is 0 Å². The molecule has 1 aromatic heterocycles. The number of nitrogen functional groups attached to an aromatic ring is 1. The van der Waals surface area contributed by atoms with Gasteiger partial charge in [0.15, 0.2) is 0 Å². The summed E-state index contributed by atoms with van der Waals surface area (Å²) in [6, 6.07) is 5.84. The molecule has 2 bridgehead atoms. The second-order valence-corrected chi connectivity index (χ2v) is 6.65. The lowest BCUT2D eigenvalue weighted by molar-refractivity contribution is 0.336. The quantitative estimate of drug-likeness (QED) is 0.843. The van der Waals surface area contributed by atoms with Gasteiger partial charge in [0.25, 0.3) is 0 Å². The molecule has 106 valence electrons.